The highest BCUT2D eigenvalue weighted by Crippen LogP contribution is 2.46. The third kappa shape index (κ3) is 5.41. The number of phosphoric ester groups is 1. The fourth-order valence-corrected chi connectivity index (χ4v) is 2.99. The molecule has 13 nitrogen and oxygen atoms in total. The van der Waals surface area contributed by atoms with Crippen LogP contribution in [0.25, 0.3) is 0 Å². The Bertz CT molecular complexity index is 551. The van der Waals surface area contributed by atoms with E-state index < -0.39 is 69.0 Å². The van der Waals surface area contributed by atoms with Gasteiger partial charge in [0.25, 0.3) is 5.79 Å². The van der Waals surface area contributed by atoms with E-state index in [1.54, 1.807) is 0 Å². The van der Waals surface area contributed by atoms with E-state index in [1.807, 2.05) is 0 Å². The van der Waals surface area contributed by atoms with Crippen molar-refractivity contribution in [3.63, 3.8) is 0 Å². The number of carboxylic acid groups (broad SMARTS) is 1. The van der Waals surface area contributed by atoms with E-state index in [9.17, 15) is 34.6 Å². The number of ether oxygens (including phenoxy) is 1. The number of hydrogen-bond acceptors (Lipinski definition) is 9. The molecule has 1 rings (SSSR count). The molecule has 25 heavy (non-hydrogen) atoms. The van der Waals surface area contributed by atoms with Crippen molar-refractivity contribution >= 4 is 19.7 Å². The summed E-state index contributed by atoms with van der Waals surface area (Å²) in [5, 5.41) is 50.0. The molecule has 0 aromatic carbocycles. The standard InChI is InChI=1S/C11H20NO12P/c1-4(14)12-7-5(15)2-11(10(18)19,24-25(20,21)22)23-9(7)8(17)6(16)3-13/h5-9,13,15-17H,2-3H2,1H3,(H,12,14)(H,18,19)(H2,20,21,22). The Labute approximate surface area is 141 Å². The Kier molecular flexibility index (Phi) is 7.03. The van der Waals surface area contributed by atoms with E-state index in [1.165, 1.54) is 0 Å². The van der Waals surface area contributed by atoms with E-state index in [0.29, 0.717) is 0 Å². The lowest BCUT2D eigenvalue weighted by molar-refractivity contribution is -0.288. The van der Waals surface area contributed by atoms with Crippen molar-refractivity contribution in [2.75, 3.05) is 6.61 Å². The maximum Gasteiger partial charge on any atom is 0.472 e. The van der Waals surface area contributed by atoms with Gasteiger partial charge in [-0.3, -0.25) is 4.79 Å². The van der Waals surface area contributed by atoms with Crippen LogP contribution in [0.1, 0.15) is 13.3 Å². The summed E-state index contributed by atoms with van der Waals surface area (Å²) in [5.74, 6) is -5.79. The molecule has 146 valence electrons. The van der Waals surface area contributed by atoms with Crippen LogP contribution in [0.3, 0.4) is 0 Å². The molecule has 0 spiro atoms. The topological polar surface area (TPSA) is 223 Å². The molecule has 1 saturated heterocycles. The van der Waals surface area contributed by atoms with Crippen molar-refractivity contribution in [2.45, 2.75) is 49.6 Å². The lowest BCUT2D eigenvalue weighted by Crippen LogP contribution is -2.67. The average molecular weight is 389 g/mol. The molecule has 1 heterocycles. The highest BCUT2D eigenvalue weighted by atomic mass is 31.2. The molecule has 0 bridgehead atoms. The number of amides is 1. The first-order valence-corrected chi connectivity index (χ1v) is 8.45. The normalized spacial score (nSPS) is 32.7. The molecule has 1 fully saturated rings. The largest absolute Gasteiger partial charge is 0.477 e. The molecule has 6 atom stereocenters. The van der Waals surface area contributed by atoms with Crippen molar-refractivity contribution in [1.82, 2.24) is 5.32 Å². The predicted octanol–water partition coefficient (Wildman–Crippen LogP) is -3.75. The minimum Gasteiger partial charge on any atom is -0.477 e. The Hall–Kier alpha value is -1.15. The first-order chi connectivity index (χ1) is 11.3. The Morgan fingerprint density at radius 3 is 2.36 bits per heavy atom. The second kappa shape index (κ2) is 8.03. The van der Waals surface area contributed by atoms with Crippen LogP contribution in [0.2, 0.25) is 0 Å². The van der Waals surface area contributed by atoms with Gasteiger partial charge in [0.15, 0.2) is 0 Å². The number of hydrogen-bond donors (Lipinski definition) is 8. The highest BCUT2D eigenvalue weighted by Gasteiger charge is 2.58. The molecule has 8 N–H and O–H groups in total. The first-order valence-electron chi connectivity index (χ1n) is 6.92. The zero-order chi connectivity index (χ0) is 19.6. The van der Waals surface area contributed by atoms with E-state index >= 15 is 0 Å². The predicted molar refractivity (Wildman–Crippen MR) is 75.7 cm³/mol. The van der Waals surface area contributed by atoms with Crippen LogP contribution in [0, 0.1) is 0 Å². The van der Waals surface area contributed by atoms with Gasteiger partial charge in [-0.1, -0.05) is 0 Å². The molecule has 1 amide bonds. The number of aliphatic hydroxyl groups is 4. The zero-order valence-corrected chi connectivity index (χ0v) is 13.8. The zero-order valence-electron chi connectivity index (χ0n) is 12.9. The van der Waals surface area contributed by atoms with Crippen LogP contribution < -0.4 is 5.32 Å². The summed E-state index contributed by atoms with van der Waals surface area (Å²) in [6, 6.07) is -1.46. The summed E-state index contributed by atoms with van der Waals surface area (Å²) in [6.45, 7) is 0.0627. The van der Waals surface area contributed by atoms with Crippen LogP contribution in [-0.2, 0) is 23.4 Å². The minimum atomic E-state index is -5.41. The number of carboxylic acids is 1. The van der Waals surface area contributed by atoms with E-state index in [-0.39, 0.29) is 0 Å². The van der Waals surface area contributed by atoms with Crippen molar-refractivity contribution < 1.29 is 58.7 Å². The van der Waals surface area contributed by atoms with Gasteiger partial charge in [-0.05, 0) is 0 Å². The van der Waals surface area contributed by atoms with Gasteiger partial charge in [0.05, 0.1) is 18.8 Å². The number of aliphatic hydroxyl groups excluding tert-OH is 4. The van der Waals surface area contributed by atoms with Gasteiger partial charge in [0.1, 0.15) is 18.3 Å². The molecule has 1 aliphatic rings. The summed E-state index contributed by atoms with van der Waals surface area (Å²) >= 11 is 0. The molecular formula is C11H20NO12P. The monoisotopic (exact) mass is 389 g/mol. The molecule has 6 unspecified atom stereocenters. The van der Waals surface area contributed by atoms with Crippen LogP contribution in [-0.4, -0.2) is 90.0 Å². The number of rotatable bonds is 7. The van der Waals surface area contributed by atoms with Gasteiger partial charge in [0, 0.05) is 13.3 Å². The van der Waals surface area contributed by atoms with E-state index in [0.717, 1.165) is 6.92 Å². The molecule has 0 aromatic rings. The molecular weight excluding hydrogens is 369 g/mol. The molecule has 14 heteroatoms. The number of phosphoric acid groups is 1. The quantitative estimate of drug-likeness (QED) is 0.197. The maximum atomic E-state index is 11.5. The summed E-state index contributed by atoms with van der Waals surface area (Å²) < 4.78 is 20.2. The molecule has 0 saturated carbocycles. The number of carbonyl (C=O) groups excluding carboxylic acids is 1. The SMILES string of the molecule is CC(=O)NC1C(O)CC(OP(=O)(O)O)(C(=O)O)OC1C(O)C(O)CO. The van der Waals surface area contributed by atoms with Crippen molar-refractivity contribution in [3.8, 4) is 0 Å². The third-order valence-electron chi connectivity index (χ3n) is 3.45. The Morgan fingerprint density at radius 2 is 1.96 bits per heavy atom. The molecule has 0 radical (unpaired) electrons. The summed E-state index contributed by atoms with van der Waals surface area (Å²) in [6.07, 6.45) is -8.57. The number of carbonyl (C=O) groups is 2. The lowest BCUT2D eigenvalue weighted by Gasteiger charge is -2.46. The van der Waals surface area contributed by atoms with E-state index in [2.05, 4.69) is 9.84 Å². The van der Waals surface area contributed by atoms with Crippen LogP contribution in [0.4, 0.5) is 0 Å². The van der Waals surface area contributed by atoms with Crippen molar-refractivity contribution in [3.05, 3.63) is 0 Å². The molecule has 0 aliphatic carbocycles. The second-order valence-corrected chi connectivity index (χ2v) is 6.62. The summed E-state index contributed by atoms with van der Waals surface area (Å²) in [7, 11) is -5.41. The molecule has 1 aliphatic heterocycles. The van der Waals surface area contributed by atoms with Crippen LogP contribution in [0.5, 0.6) is 0 Å². The average Bonchev–Trinajstić information content (AvgIpc) is 2.46. The third-order valence-corrected chi connectivity index (χ3v) is 3.99. The van der Waals surface area contributed by atoms with Gasteiger partial charge < -0.3 is 45.4 Å². The number of nitrogens with one attached hydrogen (secondary N) is 1. The van der Waals surface area contributed by atoms with Crippen LogP contribution in [0.15, 0.2) is 0 Å². The van der Waals surface area contributed by atoms with Gasteiger partial charge in [-0.25, -0.2) is 13.9 Å². The summed E-state index contributed by atoms with van der Waals surface area (Å²) in [5.41, 5.74) is 0. The van der Waals surface area contributed by atoms with E-state index in [4.69, 9.17) is 19.6 Å². The maximum absolute atomic E-state index is 11.5. The lowest BCUT2D eigenvalue weighted by atomic mass is 9.88. The summed E-state index contributed by atoms with van der Waals surface area (Å²) in [4.78, 5) is 40.5. The smallest absolute Gasteiger partial charge is 0.472 e. The number of aliphatic carboxylic acids is 1. The Balaban J connectivity index is 3.29. The minimum absolute atomic E-state index is 0.706. The van der Waals surface area contributed by atoms with Gasteiger partial charge >= 0.3 is 13.8 Å². The Morgan fingerprint density at radius 1 is 1.40 bits per heavy atom. The highest BCUT2D eigenvalue weighted by molar-refractivity contribution is 7.46. The second-order valence-electron chi connectivity index (χ2n) is 5.46. The van der Waals surface area contributed by atoms with Gasteiger partial charge in [0.2, 0.25) is 5.91 Å². The van der Waals surface area contributed by atoms with Crippen molar-refractivity contribution in [1.29, 1.82) is 0 Å². The van der Waals surface area contributed by atoms with Gasteiger partial charge in [-0.15, -0.1) is 0 Å². The fourth-order valence-electron chi connectivity index (χ4n) is 2.41. The molecule has 0 aromatic heterocycles. The van der Waals surface area contributed by atoms with Gasteiger partial charge in [-0.2, -0.15) is 0 Å². The van der Waals surface area contributed by atoms with Crippen LogP contribution >= 0.6 is 7.82 Å². The van der Waals surface area contributed by atoms with Crippen molar-refractivity contribution in [2.24, 2.45) is 0 Å². The first kappa shape index (κ1) is 21.9. The fraction of sp³-hybridized carbons (Fsp3) is 0.818.